The van der Waals surface area contributed by atoms with Gasteiger partial charge in [0, 0.05) is 10.8 Å². The first kappa shape index (κ1) is 31.5. The summed E-state index contributed by atoms with van der Waals surface area (Å²) in [6, 6.07) is 7.43. The standard InChI is InChI=1S/C32H48O6/c1-9-11-13-17-21-35-27-25(37-29(33)31(3,4)5)23-19-15-16-20-24(23)26(38-30(34)32(6,7)8)28(27)36-22-18-14-12-10-2/h15-16,19-20H,9-14,17-18,21-22H2,1-8H3. The first-order valence-corrected chi connectivity index (χ1v) is 14.2. The summed E-state index contributed by atoms with van der Waals surface area (Å²) in [6.07, 6.45) is 8.21. The Hall–Kier alpha value is -2.76. The Bertz CT molecular complexity index is 974. The molecule has 6 nitrogen and oxygen atoms in total. The quantitative estimate of drug-likeness (QED) is 0.139. The summed E-state index contributed by atoms with van der Waals surface area (Å²) >= 11 is 0. The number of benzene rings is 2. The van der Waals surface area contributed by atoms with E-state index in [1.54, 1.807) is 0 Å². The number of hydrogen-bond acceptors (Lipinski definition) is 6. The Morgan fingerprint density at radius 2 is 0.947 bits per heavy atom. The Kier molecular flexibility index (Phi) is 11.9. The van der Waals surface area contributed by atoms with Crippen LogP contribution in [0, 0.1) is 10.8 Å². The maximum absolute atomic E-state index is 13.1. The molecule has 0 spiro atoms. The second-order valence-electron chi connectivity index (χ2n) is 12.0. The van der Waals surface area contributed by atoms with Gasteiger partial charge in [0.05, 0.1) is 24.0 Å². The molecule has 0 aliphatic carbocycles. The van der Waals surface area contributed by atoms with E-state index in [1.165, 1.54) is 0 Å². The fraction of sp³-hybridized carbons (Fsp3) is 0.625. The third-order valence-corrected chi connectivity index (χ3v) is 6.14. The molecule has 0 bridgehead atoms. The van der Waals surface area contributed by atoms with E-state index in [1.807, 2.05) is 65.8 Å². The van der Waals surface area contributed by atoms with Crippen LogP contribution < -0.4 is 18.9 Å². The predicted molar refractivity (Wildman–Crippen MR) is 153 cm³/mol. The van der Waals surface area contributed by atoms with Crippen LogP contribution in [0.2, 0.25) is 0 Å². The monoisotopic (exact) mass is 528 g/mol. The second kappa shape index (κ2) is 14.4. The number of unbranched alkanes of at least 4 members (excludes halogenated alkanes) is 6. The normalized spacial score (nSPS) is 11.9. The average molecular weight is 529 g/mol. The molecule has 0 atom stereocenters. The van der Waals surface area contributed by atoms with Gasteiger partial charge in [-0.2, -0.15) is 0 Å². The molecule has 6 heteroatoms. The number of ether oxygens (including phenoxy) is 4. The van der Waals surface area contributed by atoms with Crippen molar-refractivity contribution in [3.63, 3.8) is 0 Å². The zero-order valence-corrected chi connectivity index (χ0v) is 24.8. The third-order valence-electron chi connectivity index (χ3n) is 6.14. The van der Waals surface area contributed by atoms with E-state index < -0.39 is 10.8 Å². The van der Waals surface area contributed by atoms with Crippen molar-refractivity contribution in [1.29, 1.82) is 0 Å². The molecule has 2 aromatic rings. The summed E-state index contributed by atoms with van der Waals surface area (Å²) in [5.74, 6) is 0.457. The lowest BCUT2D eigenvalue weighted by molar-refractivity contribution is -0.144. The highest BCUT2D eigenvalue weighted by atomic mass is 16.6. The van der Waals surface area contributed by atoms with Gasteiger partial charge in [0.15, 0.2) is 11.5 Å². The molecule has 0 saturated carbocycles. The van der Waals surface area contributed by atoms with Gasteiger partial charge in [-0.1, -0.05) is 76.6 Å². The molecule has 0 fully saturated rings. The predicted octanol–water partition coefficient (Wildman–Crippen LogP) is 8.66. The highest BCUT2D eigenvalue weighted by Gasteiger charge is 2.33. The van der Waals surface area contributed by atoms with Crippen molar-refractivity contribution in [3.05, 3.63) is 24.3 Å². The van der Waals surface area contributed by atoms with Crippen molar-refractivity contribution in [2.24, 2.45) is 10.8 Å². The maximum atomic E-state index is 13.1. The van der Waals surface area contributed by atoms with Gasteiger partial charge in [-0.05, 0) is 54.4 Å². The molecule has 0 unspecified atom stereocenters. The fourth-order valence-electron chi connectivity index (χ4n) is 3.69. The molecular formula is C32H48O6. The van der Waals surface area contributed by atoms with E-state index in [9.17, 15) is 9.59 Å². The van der Waals surface area contributed by atoms with Crippen molar-refractivity contribution < 1.29 is 28.5 Å². The highest BCUT2D eigenvalue weighted by molar-refractivity contribution is 6.01. The summed E-state index contributed by atoms with van der Waals surface area (Å²) in [5.41, 5.74) is -1.45. The molecule has 212 valence electrons. The number of fused-ring (bicyclic) bond motifs is 1. The molecule has 38 heavy (non-hydrogen) atoms. The van der Waals surface area contributed by atoms with Gasteiger partial charge in [-0.3, -0.25) is 9.59 Å². The molecule has 0 N–H and O–H groups in total. The summed E-state index contributed by atoms with van der Waals surface area (Å²) in [7, 11) is 0. The summed E-state index contributed by atoms with van der Waals surface area (Å²) < 4.78 is 24.7. The van der Waals surface area contributed by atoms with Crippen LogP contribution >= 0.6 is 0 Å². The van der Waals surface area contributed by atoms with Gasteiger partial charge in [0.2, 0.25) is 11.5 Å². The summed E-state index contributed by atoms with van der Waals surface area (Å²) in [5, 5.41) is 1.26. The van der Waals surface area contributed by atoms with E-state index in [-0.39, 0.29) is 11.9 Å². The van der Waals surface area contributed by atoms with E-state index in [2.05, 4.69) is 13.8 Å². The SMILES string of the molecule is CCCCCCOc1c(OCCCCCC)c(OC(=O)C(C)(C)C)c2ccccc2c1OC(=O)C(C)(C)C. The topological polar surface area (TPSA) is 71.1 Å². The Morgan fingerprint density at radius 1 is 0.579 bits per heavy atom. The first-order chi connectivity index (χ1) is 17.9. The van der Waals surface area contributed by atoms with E-state index >= 15 is 0 Å². The lowest BCUT2D eigenvalue weighted by atomic mass is 9.97. The van der Waals surface area contributed by atoms with Gasteiger partial charge >= 0.3 is 11.9 Å². The molecule has 2 rings (SSSR count). The van der Waals surface area contributed by atoms with Crippen molar-refractivity contribution >= 4 is 22.7 Å². The average Bonchev–Trinajstić information content (AvgIpc) is 2.85. The van der Waals surface area contributed by atoms with Gasteiger partial charge < -0.3 is 18.9 Å². The van der Waals surface area contributed by atoms with Crippen LogP contribution in [0.25, 0.3) is 10.8 Å². The van der Waals surface area contributed by atoms with Crippen molar-refractivity contribution in [3.8, 4) is 23.0 Å². The van der Waals surface area contributed by atoms with Crippen LogP contribution in [0.4, 0.5) is 0 Å². The van der Waals surface area contributed by atoms with Crippen LogP contribution in [0.15, 0.2) is 24.3 Å². The van der Waals surface area contributed by atoms with E-state index in [0.29, 0.717) is 47.0 Å². The van der Waals surface area contributed by atoms with Gasteiger partial charge in [0.1, 0.15) is 0 Å². The van der Waals surface area contributed by atoms with Crippen LogP contribution in [0.5, 0.6) is 23.0 Å². The van der Waals surface area contributed by atoms with Gasteiger partial charge in [0.25, 0.3) is 0 Å². The molecule has 0 aliphatic rings. The van der Waals surface area contributed by atoms with Crippen molar-refractivity contribution in [2.75, 3.05) is 13.2 Å². The van der Waals surface area contributed by atoms with Crippen molar-refractivity contribution in [2.45, 2.75) is 107 Å². The number of rotatable bonds is 14. The maximum Gasteiger partial charge on any atom is 0.316 e. The minimum Gasteiger partial charge on any atom is -0.486 e. The lowest BCUT2D eigenvalue weighted by Crippen LogP contribution is -2.27. The second-order valence-corrected chi connectivity index (χ2v) is 12.0. The zero-order chi connectivity index (χ0) is 28.3. The number of hydrogen-bond donors (Lipinski definition) is 0. The summed E-state index contributed by atoms with van der Waals surface area (Å²) in [6.45, 7) is 16.1. The van der Waals surface area contributed by atoms with Gasteiger partial charge in [-0.15, -0.1) is 0 Å². The van der Waals surface area contributed by atoms with Crippen LogP contribution in [-0.2, 0) is 9.59 Å². The zero-order valence-electron chi connectivity index (χ0n) is 24.8. The Balaban J connectivity index is 2.71. The lowest BCUT2D eigenvalue weighted by Gasteiger charge is -2.25. The third kappa shape index (κ3) is 8.92. The van der Waals surface area contributed by atoms with E-state index in [4.69, 9.17) is 18.9 Å². The number of carbonyl (C=O) groups excluding carboxylic acids is 2. The minimum absolute atomic E-state index is 0.301. The van der Waals surface area contributed by atoms with E-state index in [0.717, 1.165) is 51.4 Å². The molecule has 0 saturated heterocycles. The molecule has 2 aromatic carbocycles. The molecule has 0 heterocycles. The van der Waals surface area contributed by atoms with Gasteiger partial charge in [-0.25, -0.2) is 0 Å². The number of esters is 2. The highest BCUT2D eigenvalue weighted by Crippen LogP contribution is 2.52. The Morgan fingerprint density at radius 3 is 1.26 bits per heavy atom. The Labute approximate surface area is 229 Å². The summed E-state index contributed by atoms with van der Waals surface area (Å²) in [4.78, 5) is 26.2. The molecule has 0 aliphatic heterocycles. The van der Waals surface area contributed by atoms with Crippen LogP contribution in [-0.4, -0.2) is 25.2 Å². The smallest absolute Gasteiger partial charge is 0.316 e. The molecule has 0 amide bonds. The number of carbonyl (C=O) groups is 2. The fourth-order valence-corrected chi connectivity index (χ4v) is 3.69. The minimum atomic E-state index is -0.724. The first-order valence-electron chi connectivity index (χ1n) is 14.2. The van der Waals surface area contributed by atoms with Crippen LogP contribution in [0.1, 0.15) is 107 Å². The molecule has 0 aromatic heterocycles. The van der Waals surface area contributed by atoms with Crippen LogP contribution in [0.3, 0.4) is 0 Å². The molecular weight excluding hydrogens is 480 g/mol. The largest absolute Gasteiger partial charge is 0.486 e. The molecule has 0 radical (unpaired) electrons. The van der Waals surface area contributed by atoms with Crippen molar-refractivity contribution in [1.82, 2.24) is 0 Å².